The molecule has 12 heavy (non-hydrogen) atoms. The molecule has 0 aromatic heterocycles. The minimum absolute atomic E-state index is 0.00319. The fraction of sp³-hybridized carbons (Fsp3) is 0.333. The molecule has 0 saturated carbocycles. The highest BCUT2D eigenvalue weighted by Crippen LogP contribution is 2.27. The van der Waals surface area contributed by atoms with E-state index in [1.165, 1.54) is 13.0 Å². The van der Waals surface area contributed by atoms with Crippen LogP contribution in [-0.4, -0.2) is 21.9 Å². The van der Waals surface area contributed by atoms with Gasteiger partial charge >= 0.3 is 0 Å². The Morgan fingerprint density at radius 3 is 2.42 bits per heavy atom. The van der Waals surface area contributed by atoms with Crippen molar-refractivity contribution in [3.8, 4) is 5.75 Å². The summed E-state index contributed by atoms with van der Waals surface area (Å²) in [6.45, 7) is 1.03. The minimum Gasteiger partial charge on any atom is -0.508 e. The molecule has 0 aliphatic rings. The summed E-state index contributed by atoms with van der Waals surface area (Å²) >= 11 is 0. The number of aromatic hydroxyl groups is 1. The second-order valence-corrected chi connectivity index (χ2v) is 2.95. The van der Waals surface area contributed by atoms with Gasteiger partial charge in [0, 0.05) is 5.56 Å². The Morgan fingerprint density at radius 1 is 1.33 bits per heavy atom. The standard InChI is InChI=1S/C9H12O3/c1-9(12,6-10)7-4-2-3-5-8(7)11/h2-5,10-12H,6H2,1H3. The second-order valence-electron chi connectivity index (χ2n) is 2.95. The zero-order valence-corrected chi connectivity index (χ0v) is 6.86. The molecule has 66 valence electrons. The molecule has 1 rings (SSSR count). The Morgan fingerprint density at radius 2 is 1.92 bits per heavy atom. The Hall–Kier alpha value is -1.06. The highest BCUT2D eigenvalue weighted by Gasteiger charge is 2.24. The molecule has 0 aliphatic heterocycles. The van der Waals surface area contributed by atoms with Crippen LogP contribution in [0, 0.1) is 0 Å². The first-order valence-corrected chi connectivity index (χ1v) is 3.69. The third-order valence-electron chi connectivity index (χ3n) is 1.79. The molecule has 1 aromatic rings. The van der Waals surface area contributed by atoms with E-state index >= 15 is 0 Å². The lowest BCUT2D eigenvalue weighted by Gasteiger charge is -2.21. The van der Waals surface area contributed by atoms with Crippen molar-refractivity contribution in [3.05, 3.63) is 29.8 Å². The van der Waals surface area contributed by atoms with Gasteiger partial charge in [-0.15, -0.1) is 0 Å². The van der Waals surface area contributed by atoms with Gasteiger partial charge in [0.1, 0.15) is 11.4 Å². The highest BCUT2D eigenvalue weighted by molar-refractivity contribution is 5.36. The number of hydrogen-bond acceptors (Lipinski definition) is 3. The van der Waals surface area contributed by atoms with E-state index in [2.05, 4.69) is 0 Å². The average molecular weight is 168 g/mol. The van der Waals surface area contributed by atoms with Crippen molar-refractivity contribution in [3.63, 3.8) is 0 Å². The van der Waals surface area contributed by atoms with Crippen LogP contribution in [0.5, 0.6) is 5.75 Å². The molecule has 3 N–H and O–H groups in total. The third-order valence-corrected chi connectivity index (χ3v) is 1.79. The van der Waals surface area contributed by atoms with Crippen molar-refractivity contribution in [2.24, 2.45) is 0 Å². The van der Waals surface area contributed by atoms with Gasteiger partial charge in [-0.1, -0.05) is 18.2 Å². The van der Waals surface area contributed by atoms with Crippen LogP contribution in [0.3, 0.4) is 0 Å². The number of benzene rings is 1. The van der Waals surface area contributed by atoms with Gasteiger partial charge in [-0.05, 0) is 13.0 Å². The predicted octanol–water partition coefficient (Wildman–Crippen LogP) is 0.592. The molecule has 3 nitrogen and oxygen atoms in total. The summed E-state index contributed by atoms with van der Waals surface area (Å²) < 4.78 is 0. The van der Waals surface area contributed by atoms with Gasteiger partial charge < -0.3 is 15.3 Å². The molecule has 1 aromatic carbocycles. The van der Waals surface area contributed by atoms with Gasteiger partial charge in [-0.25, -0.2) is 0 Å². The molecular formula is C9H12O3. The smallest absolute Gasteiger partial charge is 0.121 e. The summed E-state index contributed by atoms with van der Waals surface area (Å²) in [5, 5.41) is 27.7. The first-order chi connectivity index (χ1) is 5.58. The molecule has 0 bridgehead atoms. The maximum Gasteiger partial charge on any atom is 0.121 e. The Labute approximate surface area is 70.9 Å². The fourth-order valence-electron chi connectivity index (χ4n) is 1.01. The van der Waals surface area contributed by atoms with Gasteiger partial charge in [-0.3, -0.25) is 0 Å². The molecule has 0 spiro atoms. The van der Waals surface area contributed by atoms with Gasteiger partial charge in [-0.2, -0.15) is 0 Å². The van der Waals surface area contributed by atoms with Crippen molar-refractivity contribution >= 4 is 0 Å². The van der Waals surface area contributed by atoms with Crippen LogP contribution in [0.4, 0.5) is 0 Å². The Balaban J connectivity index is 3.10. The molecule has 0 aliphatic carbocycles. The van der Waals surface area contributed by atoms with Crippen LogP contribution < -0.4 is 0 Å². The van der Waals surface area contributed by atoms with Crippen LogP contribution in [0.15, 0.2) is 24.3 Å². The topological polar surface area (TPSA) is 60.7 Å². The lowest BCUT2D eigenvalue weighted by Crippen LogP contribution is -2.25. The number of phenols is 1. The highest BCUT2D eigenvalue weighted by atomic mass is 16.3. The van der Waals surface area contributed by atoms with Crippen LogP contribution in [0.2, 0.25) is 0 Å². The molecule has 1 atom stereocenters. The van der Waals surface area contributed by atoms with Crippen LogP contribution in [-0.2, 0) is 5.60 Å². The number of aliphatic hydroxyl groups is 2. The summed E-state index contributed by atoms with van der Waals surface area (Å²) in [6.07, 6.45) is 0. The first kappa shape index (κ1) is 9.03. The molecule has 0 amide bonds. The van der Waals surface area contributed by atoms with Crippen molar-refractivity contribution in [2.75, 3.05) is 6.61 Å². The quantitative estimate of drug-likeness (QED) is 0.605. The van der Waals surface area contributed by atoms with Crippen LogP contribution in [0.25, 0.3) is 0 Å². The molecular weight excluding hydrogens is 156 g/mol. The van der Waals surface area contributed by atoms with Crippen molar-refractivity contribution in [2.45, 2.75) is 12.5 Å². The van der Waals surface area contributed by atoms with Crippen molar-refractivity contribution in [1.29, 1.82) is 0 Å². The lowest BCUT2D eigenvalue weighted by molar-refractivity contribution is -0.00398. The Kier molecular flexibility index (Phi) is 2.35. The average Bonchev–Trinajstić information content (AvgIpc) is 2.05. The number of rotatable bonds is 2. The van der Waals surface area contributed by atoms with E-state index in [1.54, 1.807) is 18.2 Å². The molecule has 0 heterocycles. The molecule has 3 heteroatoms. The van der Waals surface area contributed by atoms with E-state index in [0.29, 0.717) is 5.56 Å². The van der Waals surface area contributed by atoms with Crippen molar-refractivity contribution in [1.82, 2.24) is 0 Å². The predicted molar refractivity (Wildman–Crippen MR) is 44.8 cm³/mol. The number of phenolic OH excluding ortho intramolecular Hbond substituents is 1. The minimum atomic E-state index is -1.37. The van der Waals surface area contributed by atoms with E-state index < -0.39 is 12.2 Å². The number of aliphatic hydroxyl groups excluding tert-OH is 1. The van der Waals surface area contributed by atoms with Gasteiger partial charge in [0.25, 0.3) is 0 Å². The normalized spacial score (nSPS) is 15.6. The first-order valence-electron chi connectivity index (χ1n) is 3.69. The zero-order chi connectivity index (χ0) is 9.19. The van der Waals surface area contributed by atoms with Gasteiger partial charge in [0.15, 0.2) is 0 Å². The SMILES string of the molecule is CC(O)(CO)c1ccccc1O. The van der Waals surface area contributed by atoms with Crippen LogP contribution >= 0.6 is 0 Å². The summed E-state index contributed by atoms with van der Waals surface area (Å²) in [5.74, 6) is -0.00319. The van der Waals surface area contributed by atoms with Gasteiger partial charge in [0.05, 0.1) is 6.61 Å². The van der Waals surface area contributed by atoms with Crippen molar-refractivity contribution < 1.29 is 15.3 Å². The maximum atomic E-state index is 9.57. The van der Waals surface area contributed by atoms with E-state index in [1.807, 2.05) is 0 Å². The fourth-order valence-corrected chi connectivity index (χ4v) is 1.01. The number of para-hydroxylation sites is 1. The number of hydrogen-bond donors (Lipinski definition) is 3. The summed E-state index contributed by atoms with van der Waals surface area (Å²) in [4.78, 5) is 0. The largest absolute Gasteiger partial charge is 0.508 e. The summed E-state index contributed by atoms with van der Waals surface area (Å²) in [6, 6.07) is 6.40. The molecule has 0 saturated heterocycles. The van der Waals surface area contributed by atoms with E-state index in [-0.39, 0.29) is 5.75 Å². The third kappa shape index (κ3) is 1.57. The van der Waals surface area contributed by atoms with E-state index in [4.69, 9.17) is 5.11 Å². The second kappa shape index (κ2) is 3.13. The zero-order valence-electron chi connectivity index (χ0n) is 6.86. The van der Waals surface area contributed by atoms with Crippen LogP contribution in [0.1, 0.15) is 12.5 Å². The van der Waals surface area contributed by atoms with E-state index in [0.717, 1.165) is 0 Å². The monoisotopic (exact) mass is 168 g/mol. The molecule has 0 radical (unpaired) electrons. The molecule has 0 fully saturated rings. The molecule has 1 unspecified atom stereocenters. The van der Waals surface area contributed by atoms with Gasteiger partial charge in [0.2, 0.25) is 0 Å². The summed E-state index contributed by atoms with van der Waals surface area (Å²) in [7, 11) is 0. The Bertz CT molecular complexity index is 268. The summed E-state index contributed by atoms with van der Waals surface area (Å²) in [5.41, 5.74) is -1.03. The lowest BCUT2D eigenvalue weighted by atomic mass is 9.96. The maximum absolute atomic E-state index is 9.57. The van der Waals surface area contributed by atoms with E-state index in [9.17, 15) is 10.2 Å².